The molecule has 3 aliphatic heterocycles. The number of nitrogens with zero attached hydrogens (tertiary/aromatic N) is 1. The molecular formula is C19H13NO6. The van der Waals surface area contributed by atoms with Crippen molar-refractivity contribution in [2.75, 3.05) is 20.1 Å². The normalized spacial score (nSPS) is 16.7. The van der Waals surface area contributed by atoms with Gasteiger partial charge in [-0.1, -0.05) is 0 Å². The number of ether oxygens (including phenoxy) is 4. The van der Waals surface area contributed by atoms with Gasteiger partial charge < -0.3 is 28.5 Å². The molecule has 0 saturated heterocycles. The zero-order valence-corrected chi connectivity index (χ0v) is 13.6. The maximum atomic E-state index is 10.4. The van der Waals surface area contributed by atoms with E-state index in [-0.39, 0.29) is 19.5 Å². The van der Waals surface area contributed by atoms with Crippen LogP contribution in [0.3, 0.4) is 0 Å². The lowest BCUT2D eigenvalue weighted by molar-refractivity contribution is 0.174. The van der Waals surface area contributed by atoms with E-state index < -0.39 is 0 Å². The van der Waals surface area contributed by atoms with E-state index in [0.29, 0.717) is 40.7 Å². The Morgan fingerprint density at radius 3 is 2.65 bits per heavy atom. The molecule has 3 aliphatic rings. The summed E-state index contributed by atoms with van der Waals surface area (Å²) in [4.78, 5) is 4.67. The molecule has 0 unspecified atom stereocenters. The van der Waals surface area contributed by atoms with E-state index in [1.807, 2.05) is 24.3 Å². The van der Waals surface area contributed by atoms with Crippen molar-refractivity contribution in [3.8, 4) is 28.9 Å². The predicted molar refractivity (Wildman–Crippen MR) is 90.8 cm³/mol. The zero-order chi connectivity index (χ0) is 17.3. The van der Waals surface area contributed by atoms with Gasteiger partial charge in [0.15, 0.2) is 28.8 Å². The van der Waals surface area contributed by atoms with E-state index in [9.17, 15) is 5.11 Å². The van der Waals surface area contributed by atoms with Crippen LogP contribution in [0.15, 0.2) is 33.7 Å². The fraction of sp³-hybridized carbons (Fsp3) is 0.211. The Hall–Kier alpha value is -3.35. The van der Waals surface area contributed by atoms with E-state index in [1.54, 1.807) is 0 Å². The molecule has 1 N–H and O–H groups in total. The number of aliphatic imine (C=N–C) groups is 1. The second-order valence-electron chi connectivity index (χ2n) is 6.30. The number of fused-ring (bicyclic) bond motifs is 5. The average molecular weight is 351 g/mol. The lowest BCUT2D eigenvalue weighted by atomic mass is 9.94. The molecule has 7 nitrogen and oxygen atoms in total. The van der Waals surface area contributed by atoms with E-state index in [0.717, 1.165) is 28.7 Å². The Bertz CT molecular complexity index is 1110. The van der Waals surface area contributed by atoms with Crippen LogP contribution < -0.4 is 18.9 Å². The highest BCUT2D eigenvalue weighted by Gasteiger charge is 2.29. The Balaban J connectivity index is 1.58. The van der Waals surface area contributed by atoms with Crippen molar-refractivity contribution in [1.29, 1.82) is 0 Å². The standard InChI is InChI=1S/C19H13NO6/c21-19-15-10(1-2-12-18(15)25-8-22-12)17(26-19)16-11-6-14-13(23-7-24-14)5-9(11)3-4-20-16/h1-2,5-6,21H,3-4,7-8H2. The Labute approximate surface area is 147 Å². The largest absolute Gasteiger partial charge is 0.480 e. The summed E-state index contributed by atoms with van der Waals surface area (Å²) in [7, 11) is 0. The van der Waals surface area contributed by atoms with Crippen LogP contribution in [0.25, 0.3) is 10.8 Å². The van der Waals surface area contributed by atoms with E-state index in [2.05, 4.69) is 4.99 Å². The van der Waals surface area contributed by atoms with Gasteiger partial charge >= 0.3 is 0 Å². The molecule has 2 aromatic carbocycles. The van der Waals surface area contributed by atoms with Gasteiger partial charge in [0.25, 0.3) is 5.95 Å². The maximum Gasteiger partial charge on any atom is 0.294 e. The molecule has 0 saturated carbocycles. The molecule has 1 aromatic heterocycles. The predicted octanol–water partition coefficient (Wildman–Crippen LogP) is 2.99. The van der Waals surface area contributed by atoms with Crippen molar-refractivity contribution in [3.63, 3.8) is 0 Å². The van der Waals surface area contributed by atoms with Gasteiger partial charge in [0.05, 0.1) is 0 Å². The second-order valence-corrected chi connectivity index (χ2v) is 6.30. The van der Waals surface area contributed by atoms with E-state index in [1.165, 1.54) is 0 Å². The van der Waals surface area contributed by atoms with Gasteiger partial charge in [-0.3, -0.25) is 4.99 Å². The number of aromatic hydroxyl groups is 1. The van der Waals surface area contributed by atoms with Crippen molar-refractivity contribution in [3.05, 3.63) is 41.2 Å². The molecule has 130 valence electrons. The molecule has 0 radical (unpaired) electrons. The van der Waals surface area contributed by atoms with Crippen molar-refractivity contribution >= 4 is 16.5 Å². The van der Waals surface area contributed by atoms with Crippen LogP contribution in [0, 0.1) is 0 Å². The summed E-state index contributed by atoms with van der Waals surface area (Å²) in [6, 6.07) is 7.58. The van der Waals surface area contributed by atoms with Crippen molar-refractivity contribution in [1.82, 2.24) is 0 Å². The van der Waals surface area contributed by atoms with Crippen LogP contribution in [0.2, 0.25) is 0 Å². The third-order valence-corrected chi connectivity index (χ3v) is 4.92. The number of rotatable bonds is 1. The number of hydrogen-bond donors (Lipinski definition) is 1. The molecule has 0 spiro atoms. The molecule has 0 bridgehead atoms. The first-order valence-electron chi connectivity index (χ1n) is 8.31. The lowest BCUT2D eigenvalue weighted by Crippen LogP contribution is -2.13. The summed E-state index contributed by atoms with van der Waals surface area (Å²) in [5, 5.41) is 11.6. The van der Waals surface area contributed by atoms with Crippen molar-refractivity contribution in [2.45, 2.75) is 6.42 Å². The fourth-order valence-corrected chi connectivity index (χ4v) is 3.73. The summed E-state index contributed by atoms with van der Waals surface area (Å²) >= 11 is 0. The molecule has 3 aromatic rings. The number of furan rings is 1. The molecular weight excluding hydrogens is 338 g/mol. The van der Waals surface area contributed by atoms with Crippen molar-refractivity contribution < 1.29 is 28.5 Å². The van der Waals surface area contributed by atoms with E-state index >= 15 is 0 Å². The SMILES string of the molecule is Oc1oc(C2=NCCc3cc4c(cc32)OCO4)c2ccc3c(c12)OCO3. The zero-order valence-electron chi connectivity index (χ0n) is 13.6. The first-order chi connectivity index (χ1) is 12.8. The topological polar surface area (TPSA) is 82.7 Å². The highest BCUT2D eigenvalue weighted by molar-refractivity contribution is 6.20. The summed E-state index contributed by atoms with van der Waals surface area (Å²) in [5.74, 6) is 2.84. The van der Waals surface area contributed by atoms with Crippen LogP contribution in [0.4, 0.5) is 0 Å². The fourth-order valence-electron chi connectivity index (χ4n) is 3.73. The molecule has 7 heteroatoms. The number of benzene rings is 2. The Kier molecular flexibility index (Phi) is 2.59. The highest BCUT2D eigenvalue weighted by atomic mass is 16.7. The Morgan fingerprint density at radius 2 is 1.73 bits per heavy atom. The monoisotopic (exact) mass is 351 g/mol. The third-order valence-electron chi connectivity index (χ3n) is 4.92. The van der Waals surface area contributed by atoms with Gasteiger partial charge in [0.1, 0.15) is 11.1 Å². The average Bonchev–Trinajstić information content (AvgIpc) is 3.37. The molecule has 0 fully saturated rings. The summed E-state index contributed by atoms with van der Waals surface area (Å²) < 4.78 is 27.6. The molecule has 6 rings (SSSR count). The second kappa shape index (κ2) is 4.85. The van der Waals surface area contributed by atoms with Crippen molar-refractivity contribution in [2.24, 2.45) is 4.99 Å². The highest BCUT2D eigenvalue weighted by Crippen LogP contribution is 2.47. The maximum absolute atomic E-state index is 10.4. The lowest BCUT2D eigenvalue weighted by Gasteiger charge is -2.16. The first-order valence-corrected chi connectivity index (χ1v) is 8.31. The van der Waals surface area contributed by atoms with Crippen LogP contribution in [0.5, 0.6) is 28.9 Å². The number of hydrogen-bond acceptors (Lipinski definition) is 7. The van der Waals surface area contributed by atoms with Crippen LogP contribution in [-0.2, 0) is 6.42 Å². The molecule has 0 amide bonds. The molecule has 26 heavy (non-hydrogen) atoms. The minimum Gasteiger partial charge on any atom is -0.480 e. The molecule has 0 atom stereocenters. The first kappa shape index (κ1) is 13.9. The van der Waals surface area contributed by atoms with Gasteiger partial charge in [0, 0.05) is 17.5 Å². The smallest absolute Gasteiger partial charge is 0.294 e. The van der Waals surface area contributed by atoms with Gasteiger partial charge in [0.2, 0.25) is 13.6 Å². The van der Waals surface area contributed by atoms with Crippen LogP contribution in [0.1, 0.15) is 16.9 Å². The third kappa shape index (κ3) is 1.74. The quantitative estimate of drug-likeness (QED) is 0.726. The minimum absolute atomic E-state index is 0.127. The van der Waals surface area contributed by atoms with Gasteiger partial charge in [-0.2, -0.15) is 0 Å². The summed E-state index contributed by atoms with van der Waals surface area (Å²) in [6.07, 6.45) is 0.812. The van der Waals surface area contributed by atoms with E-state index in [4.69, 9.17) is 23.4 Å². The minimum atomic E-state index is -0.201. The van der Waals surface area contributed by atoms with Gasteiger partial charge in [-0.05, 0) is 36.2 Å². The van der Waals surface area contributed by atoms with Gasteiger partial charge in [-0.15, -0.1) is 0 Å². The summed E-state index contributed by atoms with van der Waals surface area (Å²) in [6.45, 7) is 0.982. The van der Waals surface area contributed by atoms with Crippen LogP contribution >= 0.6 is 0 Å². The molecule has 4 heterocycles. The Morgan fingerprint density at radius 1 is 0.923 bits per heavy atom. The molecule has 0 aliphatic carbocycles. The van der Waals surface area contributed by atoms with Gasteiger partial charge in [-0.25, -0.2) is 0 Å². The summed E-state index contributed by atoms with van der Waals surface area (Å²) in [5.41, 5.74) is 2.73. The van der Waals surface area contributed by atoms with Crippen LogP contribution in [-0.4, -0.2) is 30.9 Å².